The summed E-state index contributed by atoms with van der Waals surface area (Å²) in [5.74, 6) is 0.621. The number of aromatic nitrogens is 1. The highest BCUT2D eigenvalue weighted by atomic mass is 19.1. The number of methoxy groups -OCH3 is 1. The Morgan fingerprint density at radius 3 is 2.52 bits per heavy atom. The van der Waals surface area contributed by atoms with Crippen molar-refractivity contribution in [3.8, 4) is 5.75 Å². The molecule has 0 spiro atoms. The van der Waals surface area contributed by atoms with Crippen molar-refractivity contribution in [2.24, 2.45) is 7.05 Å². The second-order valence-corrected chi connectivity index (χ2v) is 6.38. The SMILES string of the molecule is CNCCc1cn(C)c2c(F)cc(CCc3ccccc3)c(OC)c12. The number of halogens is 1. The van der Waals surface area contributed by atoms with Gasteiger partial charge in [0.2, 0.25) is 0 Å². The van der Waals surface area contributed by atoms with Crippen LogP contribution in [0.15, 0.2) is 42.6 Å². The molecule has 1 aromatic heterocycles. The van der Waals surface area contributed by atoms with E-state index in [1.54, 1.807) is 13.2 Å². The molecule has 0 unspecified atom stereocenters. The molecule has 0 saturated carbocycles. The molecule has 3 aromatic rings. The van der Waals surface area contributed by atoms with Crippen LogP contribution >= 0.6 is 0 Å². The molecule has 0 radical (unpaired) electrons. The Hall–Kier alpha value is -2.33. The van der Waals surface area contributed by atoms with Crippen LogP contribution < -0.4 is 10.1 Å². The molecule has 0 aliphatic heterocycles. The Bertz CT molecular complexity index is 855. The van der Waals surface area contributed by atoms with Crippen molar-refractivity contribution < 1.29 is 9.13 Å². The number of hydrogen-bond donors (Lipinski definition) is 1. The molecule has 1 N–H and O–H groups in total. The van der Waals surface area contributed by atoms with Gasteiger partial charge in [0, 0.05) is 18.6 Å². The number of ether oxygens (including phenoxy) is 1. The van der Waals surface area contributed by atoms with Gasteiger partial charge in [0.15, 0.2) is 0 Å². The number of benzene rings is 2. The number of hydrogen-bond acceptors (Lipinski definition) is 2. The first-order valence-electron chi connectivity index (χ1n) is 8.67. The third-order valence-corrected chi connectivity index (χ3v) is 4.68. The minimum Gasteiger partial charge on any atom is -0.496 e. The molecule has 4 heteroatoms. The van der Waals surface area contributed by atoms with Crippen molar-refractivity contribution >= 4 is 10.9 Å². The van der Waals surface area contributed by atoms with Crippen LogP contribution in [-0.4, -0.2) is 25.3 Å². The van der Waals surface area contributed by atoms with E-state index in [4.69, 9.17) is 4.74 Å². The molecule has 25 heavy (non-hydrogen) atoms. The minimum absolute atomic E-state index is 0.183. The Balaban J connectivity index is 2.03. The van der Waals surface area contributed by atoms with E-state index in [9.17, 15) is 4.39 Å². The van der Waals surface area contributed by atoms with Crippen molar-refractivity contribution in [3.63, 3.8) is 0 Å². The van der Waals surface area contributed by atoms with Gasteiger partial charge in [-0.2, -0.15) is 0 Å². The zero-order valence-electron chi connectivity index (χ0n) is 15.1. The Morgan fingerprint density at radius 2 is 1.84 bits per heavy atom. The number of fused-ring (bicyclic) bond motifs is 1. The summed E-state index contributed by atoms with van der Waals surface area (Å²) in [6.07, 6.45) is 4.46. The molecule has 0 aliphatic rings. The third-order valence-electron chi connectivity index (χ3n) is 4.68. The lowest BCUT2D eigenvalue weighted by molar-refractivity contribution is 0.413. The van der Waals surface area contributed by atoms with E-state index in [-0.39, 0.29) is 5.82 Å². The van der Waals surface area contributed by atoms with E-state index in [0.29, 0.717) is 5.52 Å². The van der Waals surface area contributed by atoms with Crippen molar-refractivity contribution in [2.45, 2.75) is 19.3 Å². The molecule has 0 atom stereocenters. The third kappa shape index (κ3) is 3.54. The summed E-state index contributed by atoms with van der Waals surface area (Å²) in [6.45, 7) is 0.845. The van der Waals surface area contributed by atoms with Gasteiger partial charge in [-0.3, -0.25) is 0 Å². The van der Waals surface area contributed by atoms with Gasteiger partial charge in [-0.25, -0.2) is 4.39 Å². The highest BCUT2D eigenvalue weighted by Gasteiger charge is 2.19. The van der Waals surface area contributed by atoms with Gasteiger partial charge in [-0.05, 0) is 55.6 Å². The summed E-state index contributed by atoms with van der Waals surface area (Å²) in [4.78, 5) is 0. The summed E-state index contributed by atoms with van der Waals surface area (Å²) in [7, 11) is 5.49. The molecule has 0 aliphatic carbocycles. The lowest BCUT2D eigenvalue weighted by Gasteiger charge is -2.13. The van der Waals surface area contributed by atoms with Crippen LogP contribution in [0.25, 0.3) is 10.9 Å². The highest BCUT2D eigenvalue weighted by molar-refractivity contribution is 5.92. The number of nitrogens with one attached hydrogen (secondary N) is 1. The van der Waals surface area contributed by atoms with Gasteiger partial charge >= 0.3 is 0 Å². The van der Waals surface area contributed by atoms with Crippen LogP contribution in [0.1, 0.15) is 16.7 Å². The molecule has 1 heterocycles. The molecule has 0 bridgehead atoms. The van der Waals surface area contributed by atoms with Gasteiger partial charge < -0.3 is 14.6 Å². The molecule has 0 amide bonds. The molecule has 3 rings (SSSR count). The topological polar surface area (TPSA) is 26.2 Å². The zero-order chi connectivity index (χ0) is 17.8. The van der Waals surface area contributed by atoms with E-state index in [1.165, 1.54) is 5.56 Å². The molecular weight excluding hydrogens is 315 g/mol. The second kappa shape index (κ2) is 7.70. The summed E-state index contributed by atoms with van der Waals surface area (Å²) < 4.78 is 22.4. The van der Waals surface area contributed by atoms with Gasteiger partial charge in [0.25, 0.3) is 0 Å². The van der Waals surface area contributed by atoms with Crippen molar-refractivity contribution in [1.29, 1.82) is 0 Å². The number of rotatable bonds is 7. The summed E-state index contributed by atoms with van der Waals surface area (Å²) >= 11 is 0. The largest absolute Gasteiger partial charge is 0.496 e. The van der Waals surface area contributed by atoms with Crippen LogP contribution in [0, 0.1) is 5.82 Å². The normalized spacial score (nSPS) is 11.2. The highest BCUT2D eigenvalue weighted by Crippen LogP contribution is 2.36. The maximum atomic E-state index is 14.8. The van der Waals surface area contributed by atoms with Gasteiger partial charge in [-0.1, -0.05) is 30.3 Å². The predicted molar refractivity (Wildman–Crippen MR) is 101 cm³/mol. The van der Waals surface area contributed by atoms with Gasteiger partial charge in [-0.15, -0.1) is 0 Å². The van der Waals surface area contributed by atoms with Crippen LogP contribution in [0.5, 0.6) is 5.75 Å². The average molecular weight is 340 g/mol. The summed E-state index contributed by atoms with van der Waals surface area (Å²) in [5, 5.41) is 4.07. The fraction of sp³-hybridized carbons (Fsp3) is 0.333. The van der Waals surface area contributed by atoms with Crippen LogP contribution in [-0.2, 0) is 26.3 Å². The average Bonchev–Trinajstić information content (AvgIpc) is 2.96. The maximum absolute atomic E-state index is 14.8. The summed E-state index contributed by atoms with van der Waals surface area (Å²) in [5.41, 5.74) is 3.90. The zero-order valence-corrected chi connectivity index (χ0v) is 15.1. The number of likely N-dealkylation sites (N-methyl/N-ethyl adjacent to an activating group) is 1. The summed E-state index contributed by atoms with van der Waals surface area (Å²) in [6, 6.07) is 11.9. The maximum Gasteiger partial charge on any atom is 0.147 e. The van der Waals surface area contributed by atoms with E-state index in [1.807, 2.05) is 43.1 Å². The lowest BCUT2D eigenvalue weighted by atomic mass is 9.99. The number of nitrogens with zero attached hydrogens (tertiary/aromatic N) is 1. The smallest absolute Gasteiger partial charge is 0.147 e. The Kier molecular flexibility index (Phi) is 5.39. The molecule has 2 aromatic carbocycles. The van der Waals surface area contributed by atoms with E-state index in [2.05, 4.69) is 17.4 Å². The van der Waals surface area contributed by atoms with Gasteiger partial charge in [0.1, 0.15) is 11.6 Å². The molecule has 3 nitrogen and oxygen atoms in total. The van der Waals surface area contributed by atoms with Crippen molar-refractivity contribution in [1.82, 2.24) is 9.88 Å². The first-order chi connectivity index (χ1) is 12.2. The van der Waals surface area contributed by atoms with Crippen molar-refractivity contribution in [2.75, 3.05) is 20.7 Å². The predicted octanol–water partition coefficient (Wildman–Crippen LogP) is 3.87. The molecule has 0 fully saturated rings. The molecule has 0 saturated heterocycles. The fourth-order valence-corrected chi connectivity index (χ4v) is 3.47. The van der Waals surface area contributed by atoms with Crippen LogP contribution in [0.3, 0.4) is 0 Å². The first kappa shape index (κ1) is 17.5. The Labute approximate surface area is 148 Å². The molecule has 132 valence electrons. The standard InChI is InChI=1S/C21H25FN2O/c1-23-12-11-17-14-24(2)20-18(22)13-16(21(25-3)19(17)20)10-9-15-7-5-4-6-8-15/h4-8,13-14,23H,9-12H2,1-3H3. The number of aryl methyl sites for hydroxylation is 3. The van der Waals surface area contributed by atoms with Crippen LogP contribution in [0.4, 0.5) is 4.39 Å². The Morgan fingerprint density at radius 1 is 1.08 bits per heavy atom. The van der Waals surface area contributed by atoms with E-state index >= 15 is 0 Å². The van der Waals surface area contributed by atoms with Gasteiger partial charge in [0.05, 0.1) is 12.6 Å². The minimum atomic E-state index is -0.183. The van der Waals surface area contributed by atoms with Crippen molar-refractivity contribution in [3.05, 3.63) is 65.1 Å². The van der Waals surface area contributed by atoms with E-state index in [0.717, 1.165) is 48.1 Å². The van der Waals surface area contributed by atoms with E-state index < -0.39 is 0 Å². The quantitative estimate of drug-likeness (QED) is 0.706. The van der Waals surface area contributed by atoms with Crippen LogP contribution in [0.2, 0.25) is 0 Å². The monoisotopic (exact) mass is 340 g/mol. The molecular formula is C21H25FN2O. The fourth-order valence-electron chi connectivity index (χ4n) is 3.47. The second-order valence-electron chi connectivity index (χ2n) is 6.38. The lowest BCUT2D eigenvalue weighted by Crippen LogP contribution is -2.10. The first-order valence-corrected chi connectivity index (χ1v) is 8.67.